The fraction of sp³-hybridized carbons (Fsp3) is 0.550. The van der Waals surface area contributed by atoms with Crippen LogP contribution in [-0.4, -0.2) is 33.3 Å². The molecule has 0 amide bonds. The quantitative estimate of drug-likeness (QED) is 0.818. The molecule has 0 bridgehead atoms. The zero-order valence-corrected chi connectivity index (χ0v) is 16.1. The minimum Gasteiger partial charge on any atom is -0.312 e. The van der Waals surface area contributed by atoms with Gasteiger partial charge in [0.2, 0.25) is 0 Å². The molecular weight excluding hydrogens is 342 g/mol. The maximum absolute atomic E-state index is 9.45. The first kappa shape index (κ1) is 17.6. The molecular formula is C20H25N5S. The van der Waals surface area contributed by atoms with Crippen LogP contribution >= 0.6 is 12.6 Å². The first-order valence-corrected chi connectivity index (χ1v) is 10.0. The number of nitriles is 1. The summed E-state index contributed by atoms with van der Waals surface area (Å²) in [6, 6.07) is 10.3. The highest BCUT2D eigenvalue weighted by molar-refractivity contribution is 7.80. The van der Waals surface area contributed by atoms with Crippen LogP contribution in [0, 0.1) is 17.2 Å². The van der Waals surface area contributed by atoms with Gasteiger partial charge >= 0.3 is 0 Å². The molecule has 0 N–H and O–H groups in total. The van der Waals surface area contributed by atoms with Crippen LogP contribution in [0.3, 0.4) is 0 Å². The van der Waals surface area contributed by atoms with Gasteiger partial charge < -0.3 is 4.57 Å². The lowest BCUT2D eigenvalue weighted by atomic mass is 10.0. The third kappa shape index (κ3) is 3.38. The van der Waals surface area contributed by atoms with Crippen molar-refractivity contribution in [2.24, 2.45) is 5.92 Å². The Morgan fingerprint density at radius 3 is 2.77 bits per heavy atom. The SMILES string of the molecule is CN1CCCCC1c1nnc(C(S)c2ccccc2C#N)n1CC1CC1. The van der Waals surface area contributed by atoms with Crippen LogP contribution in [0.5, 0.6) is 0 Å². The number of hydrogen-bond donors (Lipinski definition) is 1. The van der Waals surface area contributed by atoms with Crippen LogP contribution in [-0.2, 0) is 6.54 Å². The lowest BCUT2D eigenvalue weighted by Gasteiger charge is -2.32. The van der Waals surface area contributed by atoms with Crippen molar-refractivity contribution in [2.45, 2.75) is 49.9 Å². The van der Waals surface area contributed by atoms with Gasteiger partial charge in [0.1, 0.15) is 5.82 Å². The second-order valence-electron chi connectivity index (χ2n) is 7.56. The van der Waals surface area contributed by atoms with E-state index in [0.29, 0.717) is 11.6 Å². The highest BCUT2D eigenvalue weighted by Crippen LogP contribution is 2.37. The summed E-state index contributed by atoms with van der Waals surface area (Å²) >= 11 is 4.86. The lowest BCUT2D eigenvalue weighted by Crippen LogP contribution is -2.32. The molecule has 1 aliphatic heterocycles. The standard InChI is InChI=1S/C20H25N5S/c1-24-11-5-4-8-17(24)19-22-23-20(25(19)13-14-9-10-14)18(26)16-7-3-2-6-15(16)12-21/h2-3,6-7,14,17-18,26H,4-5,8-11,13H2,1H3. The molecule has 1 aromatic heterocycles. The van der Waals surface area contributed by atoms with E-state index >= 15 is 0 Å². The van der Waals surface area contributed by atoms with E-state index in [1.54, 1.807) is 0 Å². The molecule has 136 valence electrons. The van der Waals surface area contributed by atoms with Crippen molar-refractivity contribution in [1.29, 1.82) is 5.26 Å². The van der Waals surface area contributed by atoms with Gasteiger partial charge in [-0.1, -0.05) is 24.6 Å². The normalized spacial score (nSPS) is 22.1. The molecule has 1 saturated carbocycles. The molecule has 5 nitrogen and oxygen atoms in total. The van der Waals surface area contributed by atoms with Crippen molar-refractivity contribution >= 4 is 12.6 Å². The Labute approximate surface area is 160 Å². The Morgan fingerprint density at radius 2 is 2.04 bits per heavy atom. The third-order valence-corrected chi connectivity index (χ3v) is 6.14. The van der Waals surface area contributed by atoms with Gasteiger partial charge in [-0.25, -0.2) is 0 Å². The molecule has 2 unspecified atom stereocenters. The van der Waals surface area contributed by atoms with Crippen molar-refractivity contribution in [3.8, 4) is 6.07 Å². The fourth-order valence-electron chi connectivity index (χ4n) is 3.90. The summed E-state index contributed by atoms with van der Waals surface area (Å²) in [5.74, 6) is 2.67. The maximum Gasteiger partial charge on any atom is 0.150 e. The molecule has 1 aromatic carbocycles. The molecule has 2 heterocycles. The Bertz CT molecular complexity index is 820. The van der Waals surface area contributed by atoms with Crippen LogP contribution < -0.4 is 0 Å². The number of likely N-dealkylation sites (tertiary alicyclic amines) is 1. The van der Waals surface area contributed by atoms with Crippen LogP contribution in [0.15, 0.2) is 24.3 Å². The summed E-state index contributed by atoms with van der Waals surface area (Å²) in [5, 5.41) is 18.4. The summed E-state index contributed by atoms with van der Waals surface area (Å²) in [7, 11) is 2.18. The summed E-state index contributed by atoms with van der Waals surface area (Å²) < 4.78 is 2.30. The summed E-state index contributed by atoms with van der Waals surface area (Å²) in [6.07, 6.45) is 6.18. The van der Waals surface area contributed by atoms with Gasteiger partial charge in [-0.2, -0.15) is 17.9 Å². The molecule has 0 spiro atoms. The number of rotatable bonds is 5. The minimum absolute atomic E-state index is 0.236. The van der Waals surface area contributed by atoms with E-state index in [1.165, 1.54) is 25.7 Å². The fourth-order valence-corrected chi connectivity index (χ4v) is 4.32. The van der Waals surface area contributed by atoms with Gasteiger partial charge in [0.25, 0.3) is 0 Å². The Morgan fingerprint density at radius 1 is 1.23 bits per heavy atom. The van der Waals surface area contributed by atoms with Crippen LogP contribution in [0.2, 0.25) is 0 Å². The number of hydrogen-bond acceptors (Lipinski definition) is 5. The molecule has 2 atom stereocenters. The number of piperidine rings is 1. The van der Waals surface area contributed by atoms with Gasteiger partial charge in [-0.05, 0) is 56.8 Å². The smallest absolute Gasteiger partial charge is 0.150 e. The van der Waals surface area contributed by atoms with Gasteiger partial charge in [0.05, 0.1) is 22.9 Å². The minimum atomic E-state index is -0.236. The molecule has 2 aromatic rings. The van der Waals surface area contributed by atoms with Crippen molar-refractivity contribution < 1.29 is 0 Å². The molecule has 2 aliphatic rings. The molecule has 1 aliphatic carbocycles. The van der Waals surface area contributed by atoms with Crippen LogP contribution in [0.4, 0.5) is 0 Å². The van der Waals surface area contributed by atoms with Crippen LogP contribution in [0.1, 0.15) is 66.2 Å². The number of benzene rings is 1. The van der Waals surface area contributed by atoms with Crippen molar-refractivity contribution in [1.82, 2.24) is 19.7 Å². The van der Waals surface area contributed by atoms with Crippen LogP contribution in [0.25, 0.3) is 0 Å². The zero-order chi connectivity index (χ0) is 18.1. The van der Waals surface area contributed by atoms with Crippen molar-refractivity contribution in [3.63, 3.8) is 0 Å². The number of thiol groups is 1. The lowest BCUT2D eigenvalue weighted by molar-refractivity contribution is 0.174. The third-order valence-electron chi connectivity index (χ3n) is 5.63. The first-order valence-electron chi connectivity index (χ1n) is 9.49. The molecule has 1 saturated heterocycles. The first-order chi connectivity index (χ1) is 12.7. The summed E-state index contributed by atoms with van der Waals surface area (Å²) in [4.78, 5) is 2.40. The molecule has 4 rings (SSSR count). The highest BCUT2D eigenvalue weighted by Gasteiger charge is 2.32. The van der Waals surface area contributed by atoms with E-state index in [1.807, 2.05) is 24.3 Å². The molecule has 0 radical (unpaired) electrons. The predicted molar refractivity (Wildman–Crippen MR) is 104 cm³/mol. The van der Waals surface area contributed by atoms with Gasteiger partial charge in [0, 0.05) is 6.54 Å². The van der Waals surface area contributed by atoms with Gasteiger partial charge in [-0.3, -0.25) is 4.90 Å². The maximum atomic E-state index is 9.45. The largest absolute Gasteiger partial charge is 0.312 e. The van der Waals surface area contributed by atoms with E-state index in [4.69, 9.17) is 12.6 Å². The zero-order valence-electron chi connectivity index (χ0n) is 15.2. The van der Waals surface area contributed by atoms with E-state index in [2.05, 4.69) is 32.8 Å². The average molecular weight is 368 g/mol. The highest BCUT2D eigenvalue weighted by atomic mass is 32.1. The van der Waals surface area contributed by atoms with E-state index in [9.17, 15) is 5.26 Å². The average Bonchev–Trinajstić information content (AvgIpc) is 3.40. The topological polar surface area (TPSA) is 57.7 Å². The number of aromatic nitrogens is 3. The predicted octanol–water partition coefficient (Wildman–Crippen LogP) is 3.74. The summed E-state index contributed by atoms with van der Waals surface area (Å²) in [6.45, 7) is 2.08. The van der Waals surface area contributed by atoms with E-state index in [-0.39, 0.29) is 5.25 Å². The molecule has 6 heteroatoms. The summed E-state index contributed by atoms with van der Waals surface area (Å²) in [5.41, 5.74) is 1.57. The number of nitrogens with zero attached hydrogens (tertiary/aromatic N) is 5. The Kier molecular flexibility index (Phi) is 5.01. The second-order valence-corrected chi connectivity index (χ2v) is 8.08. The van der Waals surface area contributed by atoms with E-state index < -0.39 is 0 Å². The Hall–Kier alpha value is -1.84. The Balaban J connectivity index is 1.72. The molecule has 26 heavy (non-hydrogen) atoms. The monoisotopic (exact) mass is 367 g/mol. The molecule has 2 fully saturated rings. The second kappa shape index (κ2) is 7.42. The van der Waals surface area contributed by atoms with Gasteiger partial charge in [0.15, 0.2) is 5.82 Å². The van der Waals surface area contributed by atoms with E-state index in [0.717, 1.165) is 42.6 Å². The van der Waals surface area contributed by atoms with Crippen molar-refractivity contribution in [3.05, 3.63) is 47.0 Å². The van der Waals surface area contributed by atoms with Gasteiger partial charge in [-0.15, -0.1) is 10.2 Å². The van der Waals surface area contributed by atoms with Crippen molar-refractivity contribution in [2.75, 3.05) is 13.6 Å².